The highest BCUT2D eigenvalue weighted by Gasteiger charge is 2.29. The van der Waals surface area contributed by atoms with Crippen LogP contribution in [0.5, 0.6) is 0 Å². The van der Waals surface area contributed by atoms with E-state index in [2.05, 4.69) is 27.0 Å². The lowest BCUT2D eigenvalue weighted by Gasteiger charge is -2.33. The third-order valence-electron chi connectivity index (χ3n) is 4.50. The number of rotatable bonds is 3. The number of nitrogens with zero attached hydrogens (tertiary/aromatic N) is 3. The highest BCUT2D eigenvalue weighted by atomic mass is 15.3. The summed E-state index contributed by atoms with van der Waals surface area (Å²) in [6, 6.07) is 0.657. The molecule has 1 aliphatic carbocycles. The summed E-state index contributed by atoms with van der Waals surface area (Å²) in [5, 5.41) is 11.9. The summed E-state index contributed by atoms with van der Waals surface area (Å²) in [6.07, 6.45) is 8.69. The molecule has 17 heavy (non-hydrogen) atoms. The molecule has 1 aromatic rings. The molecular formula is C13H22N4. The van der Waals surface area contributed by atoms with E-state index in [0.717, 1.165) is 19.0 Å². The Balaban J connectivity index is 1.77. The first kappa shape index (κ1) is 11.2. The second kappa shape index (κ2) is 4.77. The minimum atomic E-state index is 0.542. The van der Waals surface area contributed by atoms with Crippen LogP contribution in [0, 0.1) is 5.92 Å². The molecule has 2 aliphatic rings. The van der Waals surface area contributed by atoms with Gasteiger partial charge in [-0.05, 0) is 31.8 Å². The predicted octanol–water partition coefficient (Wildman–Crippen LogP) is 2.11. The van der Waals surface area contributed by atoms with Crippen molar-refractivity contribution in [1.29, 1.82) is 0 Å². The zero-order chi connectivity index (χ0) is 11.7. The third-order valence-corrected chi connectivity index (χ3v) is 4.50. The zero-order valence-electron chi connectivity index (χ0n) is 10.6. The zero-order valence-corrected chi connectivity index (χ0v) is 10.6. The van der Waals surface area contributed by atoms with Crippen molar-refractivity contribution < 1.29 is 0 Å². The van der Waals surface area contributed by atoms with Gasteiger partial charge < -0.3 is 9.88 Å². The molecule has 2 heterocycles. The molecule has 1 saturated heterocycles. The predicted molar refractivity (Wildman–Crippen MR) is 66.9 cm³/mol. The molecule has 0 amide bonds. The van der Waals surface area contributed by atoms with E-state index in [1.807, 2.05) is 6.33 Å². The van der Waals surface area contributed by atoms with Gasteiger partial charge in [0.15, 0.2) is 0 Å². The van der Waals surface area contributed by atoms with Crippen LogP contribution in [0.25, 0.3) is 0 Å². The van der Waals surface area contributed by atoms with Crippen molar-refractivity contribution in [3.05, 3.63) is 12.2 Å². The summed E-state index contributed by atoms with van der Waals surface area (Å²) in [5.41, 5.74) is 0. The highest BCUT2D eigenvalue weighted by Crippen LogP contribution is 2.32. The van der Waals surface area contributed by atoms with E-state index in [9.17, 15) is 0 Å². The van der Waals surface area contributed by atoms with Gasteiger partial charge in [0.05, 0.1) is 0 Å². The number of hydrogen-bond donors (Lipinski definition) is 1. The smallest absolute Gasteiger partial charge is 0.136 e. The average Bonchev–Trinajstić information content (AvgIpc) is 2.76. The molecule has 1 saturated carbocycles. The summed E-state index contributed by atoms with van der Waals surface area (Å²) < 4.78 is 2.36. The minimum Gasteiger partial charge on any atom is -0.316 e. The lowest BCUT2D eigenvalue weighted by molar-refractivity contribution is 0.276. The molecule has 1 N–H and O–H groups in total. The molecule has 1 unspecified atom stereocenters. The Morgan fingerprint density at radius 3 is 2.71 bits per heavy atom. The van der Waals surface area contributed by atoms with Crippen LogP contribution < -0.4 is 5.32 Å². The highest BCUT2D eigenvalue weighted by molar-refractivity contribution is 5.02. The fourth-order valence-corrected chi connectivity index (χ4v) is 3.09. The van der Waals surface area contributed by atoms with Gasteiger partial charge in [-0.15, -0.1) is 10.2 Å². The molecule has 94 valence electrons. The molecule has 0 bridgehead atoms. The van der Waals surface area contributed by atoms with Crippen molar-refractivity contribution in [3.8, 4) is 0 Å². The number of hydrogen-bond acceptors (Lipinski definition) is 3. The Labute approximate surface area is 103 Å². The van der Waals surface area contributed by atoms with Gasteiger partial charge in [0.2, 0.25) is 0 Å². The summed E-state index contributed by atoms with van der Waals surface area (Å²) in [6.45, 7) is 4.58. The third kappa shape index (κ3) is 2.10. The van der Waals surface area contributed by atoms with Gasteiger partial charge in [0.25, 0.3) is 0 Å². The maximum Gasteiger partial charge on any atom is 0.136 e. The summed E-state index contributed by atoms with van der Waals surface area (Å²) in [7, 11) is 0. The van der Waals surface area contributed by atoms with Crippen LogP contribution in [0.15, 0.2) is 6.33 Å². The second-order valence-electron chi connectivity index (χ2n) is 5.60. The molecule has 0 aromatic carbocycles. The van der Waals surface area contributed by atoms with Gasteiger partial charge >= 0.3 is 0 Å². The largest absolute Gasteiger partial charge is 0.316 e. The monoisotopic (exact) mass is 234 g/mol. The van der Waals surface area contributed by atoms with Gasteiger partial charge in [-0.25, -0.2) is 0 Å². The summed E-state index contributed by atoms with van der Waals surface area (Å²) in [4.78, 5) is 0. The molecule has 0 radical (unpaired) electrons. The molecule has 1 atom stereocenters. The Morgan fingerprint density at radius 2 is 2.06 bits per heavy atom. The lowest BCUT2D eigenvalue weighted by Crippen LogP contribution is -2.45. The van der Waals surface area contributed by atoms with Crippen molar-refractivity contribution in [2.24, 2.45) is 5.92 Å². The van der Waals surface area contributed by atoms with E-state index >= 15 is 0 Å². The molecule has 0 spiro atoms. The van der Waals surface area contributed by atoms with E-state index in [1.54, 1.807) is 0 Å². The van der Waals surface area contributed by atoms with Gasteiger partial charge in [-0.1, -0.05) is 26.2 Å². The van der Waals surface area contributed by atoms with Crippen LogP contribution in [0.2, 0.25) is 0 Å². The lowest BCUT2D eigenvalue weighted by atomic mass is 9.87. The van der Waals surface area contributed by atoms with E-state index in [1.165, 1.54) is 37.9 Å². The first-order valence-corrected chi connectivity index (χ1v) is 6.96. The van der Waals surface area contributed by atoms with Gasteiger partial charge in [-0.3, -0.25) is 0 Å². The molecular weight excluding hydrogens is 212 g/mol. The van der Waals surface area contributed by atoms with Crippen molar-refractivity contribution in [2.75, 3.05) is 13.1 Å². The molecule has 1 aromatic heterocycles. The first-order chi connectivity index (χ1) is 8.36. The Hall–Kier alpha value is -0.900. The average molecular weight is 234 g/mol. The standard InChI is InChI=1S/C13H22N4/c1-10(11-7-14-8-11)13-16-15-9-17(13)12-5-3-2-4-6-12/h9-12,14H,2-8H2,1H3. The number of aromatic nitrogens is 3. The molecule has 3 rings (SSSR count). The first-order valence-electron chi connectivity index (χ1n) is 6.96. The number of nitrogens with one attached hydrogen (secondary N) is 1. The summed E-state index contributed by atoms with van der Waals surface area (Å²) >= 11 is 0. The van der Waals surface area contributed by atoms with Crippen LogP contribution in [0.1, 0.15) is 56.8 Å². The van der Waals surface area contributed by atoms with Crippen LogP contribution >= 0.6 is 0 Å². The SMILES string of the molecule is CC(c1nncn1C1CCCCC1)C1CNC1. The van der Waals surface area contributed by atoms with E-state index in [-0.39, 0.29) is 0 Å². The normalized spacial score (nSPS) is 24.5. The van der Waals surface area contributed by atoms with Gasteiger partial charge in [-0.2, -0.15) is 0 Å². The second-order valence-corrected chi connectivity index (χ2v) is 5.60. The van der Waals surface area contributed by atoms with Crippen molar-refractivity contribution >= 4 is 0 Å². The maximum atomic E-state index is 4.38. The minimum absolute atomic E-state index is 0.542. The Morgan fingerprint density at radius 1 is 1.29 bits per heavy atom. The van der Waals surface area contributed by atoms with Crippen molar-refractivity contribution in [3.63, 3.8) is 0 Å². The van der Waals surface area contributed by atoms with Crippen LogP contribution in [-0.2, 0) is 0 Å². The van der Waals surface area contributed by atoms with Crippen molar-refractivity contribution in [1.82, 2.24) is 20.1 Å². The van der Waals surface area contributed by atoms with Gasteiger partial charge in [0, 0.05) is 12.0 Å². The maximum absolute atomic E-state index is 4.38. The Kier molecular flexibility index (Phi) is 3.14. The van der Waals surface area contributed by atoms with Crippen LogP contribution in [0.4, 0.5) is 0 Å². The molecule has 4 nitrogen and oxygen atoms in total. The molecule has 1 aliphatic heterocycles. The van der Waals surface area contributed by atoms with Gasteiger partial charge in [0.1, 0.15) is 12.2 Å². The van der Waals surface area contributed by atoms with E-state index in [4.69, 9.17) is 0 Å². The fraction of sp³-hybridized carbons (Fsp3) is 0.846. The van der Waals surface area contributed by atoms with Crippen LogP contribution in [-0.4, -0.2) is 27.9 Å². The van der Waals surface area contributed by atoms with E-state index in [0.29, 0.717) is 12.0 Å². The Bertz CT molecular complexity index is 347. The van der Waals surface area contributed by atoms with Crippen molar-refractivity contribution in [2.45, 2.75) is 51.0 Å². The quantitative estimate of drug-likeness (QED) is 0.871. The molecule has 4 heteroatoms. The molecule has 2 fully saturated rings. The van der Waals surface area contributed by atoms with E-state index < -0.39 is 0 Å². The topological polar surface area (TPSA) is 42.7 Å². The summed E-state index contributed by atoms with van der Waals surface area (Å²) in [5.74, 6) is 2.51. The van der Waals surface area contributed by atoms with Crippen LogP contribution in [0.3, 0.4) is 0 Å². The fourth-order valence-electron chi connectivity index (χ4n) is 3.09.